The van der Waals surface area contributed by atoms with E-state index < -0.39 is 42.3 Å². The first-order valence-electron chi connectivity index (χ1n) is 6.65. The maximum absolute atomic E-state index is 11.9. The Hall–Kier alpha value is -2.15. The number of hydrogen-bond donors (Lipinski definition) is 0. The zero-order valence-corrected chi connectivity index (χ0v) is 11.3. The summed E-state index contributed by atoms with van der Waals surface area (Å²) in [5.74, 6) is -1.51. The minimum absolute atomic E-state index is 0.145. The zero-order chi connectivity index (χ0) is 15.0. The van der Waals surface area contributed by atoms with Crippen LogP contribution in [0.2, 0.25) is 0 Å². The minimum atomic E-state index is -0.775. The topological polar surface area (TPSA) is 88.1 Å². The molecule has 2 bridgehead atoms. The van der Waals surface area contributed by atoms with Crippen LogP contribution in [-0.4, -0.2) is 48.9 Å². The van der Waals surface area contributed by atoms with Crippen molar-refractivity contribution in [3.63, 3.8) is 0 Å². The normalized spacial score (nSPS) is 36.1. The van der Waals surface area contributed by atoms with Gasteiger partial charge in [-0.3, -0.25) is 4.79 Å². The Bertz CT molecular complexity index is 548. The van der Waals surface area contributed by atoms with Crippen LogP contribution < -0.4 is 0 Å². The molecule has 0 amide bonds. The van der Waals surface area contributed by atoms with Crippen molar-refractivity contribution in [3.05, 3.63) is 23.8 Å². The van der Waals surface area contributed by atoms with Gasteiger partial charge in [-0.25, -0.2) is 9.59 Å². The number of hydrogen-bond acceptors (Lipinski definition) is 7. The lowest BCUT2D eigenvalue weighted by Crippen LogP contribution is -2.42. The van der Waals surface area contributed by atoms with Gasteiger partial charge in [0.1, 0.15) is 18.3 Å². The lowest BCUT2D eigenvalue weighted by Gasteiger charge is -2.31. The second kappa shape index (κ2) is 5.33. The summed E-state index contributed by atoms with van der Waals surface area (Å²) in [6.07, 6.45) is 2.14. The smallest absolute Gasteiger partial charge is 0.337 e. The molecule has 0 radical (unpaired) electrons. The Morgan fingerprint density at radius 2 is 2.19 bits per heavy atom. The van der Waals surface area contributed by atoms with E-state index in [-0.39, 0.29) is 6.61 Å². The molecule has 112 valence electrons. The standard InChI is InChI=1S/C14H14O7/c1-7(15)19-11-6-8-13-10(21-14(8)17)4-5-18-12(16)3-2-9(11)20-13/h2-3,6,9-11,13H,4-5H2,1H3/b3-2-/t9-,10+,11-,13+/m1/s1. The van der Waals surface area contributed by atoms with E-state index in [2.05, 4.69) is 0 Å². The number of esters is 3. The first-order valence-corrected chi connectivity index (χ1v) is 6.65. The van der Waals surface area contributed by atoms with E-state index in [4.69, 9.17) is 18.9 Å². The summed E-state index contributed by atoms with van der Waals surface area (Å²) in [6, 6.07) is 0. The quantitative estimate of drug-likeness (QED) is 0.498. The SMILES string of the molecule is CC(=O)O[C@@H]1C=C2C(=O)O[C@H]3CCOC(=O)/C=C\[C@H]1O[C@@H]23. The maximum atomic E-state index is 11.9. The molecule has 0 aromatic rings. The highest BCUT2D eigenvalue weighted by molar-refractivity contribution is 5.92. The van der Waals surface area contributed by atoms with Gasteiger partial charge < -0.3 is 18.9 Å². The largest absolute Gasteiger partial charge is 0.462 e. The van der Waals surface area contributed by atoms with Gasteiger partial charge in [-0.2, -0.15) is 0 Å². The van der Waals surface area contributed by atoms with Gasteiger partial charge >= 0.3 is 17.9 Å². The van der Waals surface area contributed by atoms with Gasteiger partial charge in [-0.15, -0.1) is 0 Å². The van der Waals surface area contributed by atoms with Crippen molar-refractivity contribution in [2.75, 3.05) is 6.61 Å². The molecule has 0 aliphatic carbocycles. The molecule has 1 saturated heterocycles. The number of cyclic esters (lactones) is 1. The number of ether oxygens (including phenoxy) is 4. The summed E-state index contributed by atoms with van der Waals surface area (Å²) in [7, 11) is 0. The molecule has 0 unspecified atom stereocenters. The van der Waals surface area contributed by atoms with E-state index in [1.807, 2.05) is 0 Å². The van der Waals surface area contributed by atoms with Crippen molar-refractivity contribution in [3.8, 4) is 0 Å². The van der Waals surface area contributed by atoms with Gasteiger partial charge in [-0.05, 0) is 12.2 Å². The first kappa shape index (κ1) is 13.8. The zero-order valence-electron chi connectivity index (χ0n) is 11.3. The molecule has 3 rings (SSSR count). The molecule has 4 atom stereocenters. The molecular formula is C14H14O7. The van der Waals surface area contributed by atoms with Crippen molar-refractivity contribution in [2.24, 2.45) is 0 Å². The summed E-state index contributed by atoms with van der Waals surface area (Å²) < 4.78 is 21.1. The van der Waals surface area contributed by atoms with Gasteiger partial charge in [-0.1, -0.05) is 0 Å². The highest BCUT2D eigenvalue weighted by Gasteiger charge is 2.46. The van der Waals surface area contributed by atoms with Crippen LogP contribution in [-0.2, 0) is 33.3 Å². The molecule has 21 heavy (non-hydrogen) atoms. The predicted molar refractivity (Wildman–Crippen MR) is 66.9 cm³/mol. The highest BCUT2D eigenvalue weighted by atomic mass is 16.6. The summed E-state index contributed by atoms with van der Waals surface area (Å²) in [5.41, 5.74) is 0.350. The average molecular weight is 294 g/mol. The number of fused-ring (bicyclic) bond motifs is 1. The van der Waals surface area contributed by atoms with Crippen LogP contribution >= 0.6 is 0 Å². The molecule has 3 heterocycles. The summed E-state index contributed by atoms with van der Waals surface area (Å²) in [6.45, 7) is 1.41. The second-order valence-corrected chi connectivity index (χ2v) is 4.98. The summed E-state index contributed by atoms with van der Waals surface area (Å²) >= 11 is 0. The fraction of sp³-hybridized carbons (Fsp3) is 0.500. The third-order valence-corrected chi connectivity index (χ3v) is 3.48. The van der Waals surface area contributed by atoms with E-state index in [0.717, 1.165) is 0 Å². The molecule has 7 nitrogen and oxygen atoms in total. The van der Waals surface area contributed by atoms with E-state index >= 15 is 0 Å². The van der Waals surface area contributed by atoms with Crippen LogP contribution in [0.4, 0.5) is 0 Å². The van der Waals surface area contributed by atoms with Gasteiger partial charge in [0.15, 0.2) is 6.10 Å². The van der Waals surface area contributed by atoms with E-state index in [1.54, 1.807) is 6.08 Å². The van der Waals surface area contributed by atoms with E-state index in [9.17, 15) is 14.4 Å². The molecule has 0 aromatic heterocycles. The Morgan fingerprint density at radius 3 is 2.95 bits per heavy atom. The molecule has 3 aliphatic heterocycles. The number of rotatable bonds is 1. The fourth-order valence-corrected chi connectivity index (χ4v) is 2.58. The Morgan fingerprint density at radius 1 is 1.38 bits per heavy atom. The Balaban J connectivity index is 1.95. The van der Waals surface area contributed by atoms with Crippen LogP contribution in [0.15, 0.2) is 23.8 Å². The summed E-state index contributed by atoms with van der Waals surface area (Å²) in [4.78, 5) is 34.5. The molecular weight excluding hydrogens is 280 g/mol. The fourth-order valence-electron chi connectivity index (χ4n) is 2.58. The summed E-state index contributed by atoms with van der Waals surface area (Å²) in [5, 5.41) is 0. The van der Waals surface area contributed by atoms with Gasteiger partial charge in [0.2, 0.25) is 0 Å². The molecule has 1 fully saturated rings. The van der Waals surface area contributed by atoms with Crippen LogP contribution in [0.1, 0.15) is 13.3 Å². The maximum Gasteiger partial charge on any atom is 0.337 e. The molecule has 3 aliphatic rings. The average Bonchev–Trinajstić information content (AvgIpc) is 2.72. The third-order valence-electron chi connectivity index (χ3n) is 3.48. The van der Waals surface area contributed by atoms with E-state index in [0.29, 0.717) is 12.0 Å². The van der Waals surface area contributed by atoms with Crippen molar-refractivity contribution < 1.29 is 33.3 Å². The van der Waals surface area contributed by atoms with Crippen LogP contribution in [0, 0.1) is 0 Å². The molecule has 0 spiro atoms. The molecule has 0 N–H and O–H groups in total. The Labute approximate surface area is 120 Å². The van der Waals surface area contributed by atoms with Crippen LogP contribution in [0.5, 0.6) is 0 Å². The van der Waals surface area contributed by atoms with Gasteiger partial charge in [0, 0.05) is 19.4 Å². The van der Waals surface area contributed by atoms with Crippen molar-refractivity contribution in [2.45, 2.75) is 37.8 Å². The van der Waals surface area contributed by atoms with Crippen molar-refractivity contribution in [1.82, 2.24) is 0 Å². The molecule has 0 saturated carbocycles. The van der Waals surface area contributed by atoms with Gasteiger partial charge in [0.05, 0.1) is 12.2 Å². The van der Waals surface area contributed by atoms with Crippen molar-refractivity contribution >= 4 is 17.9 Å². The lowest BCUT2D eigenvalue weighted by molar-refractivity contribution is -0.153. The van der Waals surface area contributed by atoms with E-state index in [1.165, 1.54) is 19.1 Å². The monoisotopic (exact) mass is 294 g/mol. The van der Waals surface area contributed by atoms with Gasteiger partial charge in [0.25, 0.3) is 0 Å². The van der Waals surface area contributed by atoms with Crippen LogP contribution in [0.3, 0.4) is 0 Å². The minimum Gasteiger partial charge on any atom is -0.462 e. The number of carbonyl (C=O) groups excluding carboxylic acids is 3. The lowest BCUT2D eigenvalue weighted by atomic mass is 9.97. The third kappa shape index (κ3) is 2.69. The molecule has 7 heteroatoms. The Kier molecular flexibility index (Phi) is 3.50. The number of carbonyl (C=O) groups is 3. The van der Waals surface area contributed by atoms with Crippen molar-refractivity contribution in [1.29, 1.82) is 0 Å². The highest BCUT2D eigenvalue weighted by Crippen LogP contribution is 2.34. The van der Waals surface area contributed by atoms with Crippen LogP contribution in [0.25, 0.3) is 0 Å². The molecule has 0 aromatic carbocycles. The first-order chi connectivity index (χ1) is 10.0. The predicted octanol–water partition coefficient (Wildman–Crippen LogP) is 0.0404. The second-order valence-electron chi connectivity index (χ2n) is 4.98.